The van der Waals surface area contributed by atoms with Crippen LogP contribution in [0.15, 0.2) is 72.8 Å². The maximum absolute atomic E-state index is 13.4. The summed E-state index contributed by atoms with van der Waals surface area (Å²) in [6, 6.07) is 22.1. The van der Waals surface area contributed by atoms with E-state index >= 15 is 0 Å². The Morgan fingerprint density at radius 2 is 1.59 bits per heavy atom. The number of rotatable bonds is 7. The molecule has 138 valence electrons. The van der Waals surface area contributed by atoms with Gasteiger partial charge in [0, 0.05) is 6.42 Å². The Labute approximate surface area is 158 Å². The number of halogens is 1. The van der Waals surface area contributed by atoms with E-state index in [-0.39, 0.29) is 11.8 Å². The van der Waals surface area contributed by atoms with Gasteiger partial charge in [-0.25, -0.2) is 4.39 Å². The van der Waals surface area contributed by atoms with Crippen LogP contribution in [0.2, 0.25) is 0 Å². The number of benzene rings is 3. The van der Waals surface area contributed by atoms with Gasteiger partial charge in [0.15, 0.2) is 0 Å². The Bertz CT molecular complexity index is 904. The van der Waals surface area contributed by atoms with Crippen LogP contribution in [-0.2, 0) is 22.6 Å². The molecule has 4 heteroatoms. The average Bonchev–Trinajstić information content (AvgIpc) is 2.71. The van der Waals surface area contributed by atoms with Crippen LogP contribution in [0.25, 0.3) is 11.1 Å². The molecule has 0 fully saturated rings. The number of ether oxygens (including phenoxy) is 2. The van der Waals surface area contributed by atoms with Gasteiger partial charge >= 0.3 is 5.97 Å². The number of aryl methyl sites for hydroxylation is 1. The standard InChI is InChI=1S/C23H21FO3/c1-26-23(25)13-10-17-8-11-22(12-9-17)27-16-18-4-2-5-19(14-18)20-6-3-7-21(24)15-20/h2-9,11-12,14-15H,10,13,16H2,1H3. The van der Waals surface area contributed by atoms with Crippen LogP contribution in [0.4, 0.5) is 4.39 Å². The maximum Gasteiger partial charge on any atom is 0.305 e. The minimum atomic E-state index is -0.249. The van der Waals surface area contributed by atoms with Crippen molar-refractivity contribution in [2.75, 3.05) is 7.11 Å². The fourth-order valence-corrected chi connectivity index (χ4v) is 2.78. The van der Waals surface area contributed by atoms with Crippen molar-refractivity contribution in [3.05, 3.63) is 89.7 Å². The number of hydrogen-bond acceptors (Lipinski definition) is 3. The molecule has 3 rings (SSSR count). The van der Waals surface area contributed by atoms with Crippen LogP contribution in [0.3, 0.4) is 0 Å². The molecule has 0 aliphatic carbocycles. The third-order valence-corrected chi connectivity index (χ3v) is 4.26. The second-order valence-electron chi connectivity index (χ2n) is 6.22. The summed E-state index contributed by atoms with van der Waals surface area (Å²) in [6.07, 6.45) is 1.01. The summed E-state index contributed by atoms with van der Waals surface area (Å²) in [6.45, 7) is 0.421. The Balaban J connectivity index is 1.60. The second-order valence-corrected chi connectivity index (χ2v) is 6.22. The first-order valence-electron chi connectivity index (χ1n) is 8.77. The number of carbonyl (C=O) groups is 1. The molecule has 0 heterocycles. The van der Waals surface area contributed by atoms with E-state index in [9.17, 15) is 9.18 Å². The van der Waals surface area contributed by atoms with Gasteiger partial charge < -0.3 is 9.47 Å². The fraction of sp³-hybridized carbons (Fsp3) is 0.174. The maximum atomic E-state index is 13.4. The van der Waals surface area contributed by atoms with Gasteiger partial charge in [-0.05, 0) is 59.0 Å². The zero-order chi connectivity index (χ0) is 19.1. The predicted molar refractivity (Wildman–Crippen MR) is 103 cm³/mol. The van der Waals surface area contributed by atoms with E-state index < -0.39 is 0 Å². The molecular formula is C23H21FO3. The van der Waals surface area contributed by atoms with E-state index in [0.717, 1.165) is 28.0 Å². The lowest BCUT2D eigenvalue weighted by molar-refractivity contribution is -0.140. The van der Waals surface area contributed by atoms with E-state index in [4.69, 9.17) is 4.74 Å². The first-order chi connectivity index (χ1) is 13.1. The molecule has 0 bridgehead atoms. The Hall–Kier alpha value is -3.14. The SMILES string of the molecule is COC(=O)CCc1ccc(OCc2cccc(-c3cccc(F)c3)c2)cc1. The molecule has 0 spiro atoms. The quantitative estimate of drug-likeness (QED) is 0.542. The first kappa shape index (κ1) is 18.6. The minimum absolute atomic E-state index is 0.214. The van der Waals surface area contributed by atoms with Crippen molar-refractivity contribution in [1.29, 1.82) is 0 Å². The lowest BCUT2D eigenvalue weighted by Crippen LogP contribution is -2.02. The van der Waals surface area contributed by atoms with E-state index in [0.29, 0.717) is 19.4 Å². The Morgan fingerprint density at radius 1 is 0.889 bits per heavy atom. The van der Waals surface area contributed by atoms with Crippen LogP contribution >= 0.6 is 0 Å². The van der Waals surface area contributed by atoms with Crippen LogP contribution < -0.4 is 4.74 Å². The van der Waals surface area contributed by atoms with Gasteiger partial charge in [0.2, 0.25) is 0 Å². The Kier molecular flexibility index (Phi) is 6.21. The molecule has 0 aromatic heterocycles. The number of methoxy groups -OCH3 is 1. The van der Waals surface area contributed by atoms with Crippen molar-refractivity contribution < 1.29 is 18.7 Å². The van der Waals surface area contributed by atoms with E-state index in [1.54, 1.807) is 6.07 Å². The molecular weight excluding hydrogens is 343 g/mol. The van der Waals surface area contributed by atoms with Gasteiger partial charge in [0.1, 0.15) is 18.2 Å². The molecule has 0 unspecified atom stereocenters. The first-order valence-corrected chi connectivity index (χ1v) is 8.77. The second kappa shape index (κ2) is 8.99. The molecule has 0 amide bonds. The van der Waals surface area contributed by atoms with Crippen molar-refractivity contribution in [3.8, 4) is 16.9 Å². The highest BCUT2D eigenvalue weighted by Crippen LogP contribution is 2.22. The number of esters is 1. The van der Waals surface area contributed by atoms with Gasteiger partial charge in [0.25, 0.3) is 0 Å². The summed E-state index contributed by atoms with van der Waals surface area (Å²) < 4.78 is 23.9. The van der Waals surface area contributed by atoms with E-state index in [2.05, 4.69) is 4.74 Å². The molecule has 3 aromatic carbocycles. The summed E-state index contributed by atoms with van der Waals surface area (Å²) in [5.74, 6) is 0.294. The minimum Gasteiger partial charge on any atom is -0.489 e. The molecule has 0 aliphatic heterocycles. The average molecular weight is 364 g/mol. The fourth-order valence-electron chi connectivity index (χ4n) is 2.78. The van der Waals surface area contributed by atoms with Gasteiger partial charge in [-0.2, -0.15) is 0 Å². The molecule has 3 aromatic rings. The van der Waals surface area contributed by atoms with Gasteiger partial charge in [0.05, 0.1) is 7.11 Å². The molecule has 0 saturated carbocycles. The van der Waals surface area contributed by atoms with Crippen molar-refractivity contribution in [1.82, 2.24) is 0 Å². The Morgan fingerprint density at radius 3 is 2.30 bits per heavy atom. The lowest BCUT2D eigenvalue weighted by Gasteiger charge is -2.09. The smallest absolute Gasteiger partial charge is 0.305 e. The van der Waals surface area contributed by atoms with Crippen molar-refractivity contribution in [3.63, 3.8) is 0 Å². The summed E-state index contributed by atoms with van der Waals surface area (Å²) >= 11 is 0. The van der Waals surface area contributed by atoms with Crippen molar-refractivity contribution in [2.24, 2.45) is 0 Å². The lowest BCUT2D eigenvalue weighted by atomic mass is 10.0. The molecule has 0 atom stereocenters. The molecule has 0 saturated heterocycles. The molecule has 27 heavy (non-hydrogen) atoms. The molecule has 3 nitrogen and oxygen atoms in total. The highest BCUT2D eigenvalue weighted by molar-refractivity contribution is 5.69. The normalized spacial score (nSPS) is 10.4. The van der Waals surface area contributed by atoms with Crippen molar-refractivity contribution in [2.45, 2.75) is 19.4 Å². The van der Waals surface area contributed by atoms with Gasteiger partial charge in [-0.3, -0.25) is 4.79 Å². The molecule has 0 aliphatic rings. The summed E-state index contributed by atoms with van der Waals surface area (Å²) in [5.41, 5.74) is 3.85. The number of hydrogen-bond donors (Lipinski definition) is 0. The largest absolute Gasteiger partial charge is 0.489 e. The highest BCUT2D eigenvalue weighted by atomic mass is 19.1. The summed E-state index contributed by atoms with van der Waals surface area (Å²) in [4.78, 5) is 11.2. The summed E-state index contributed by atoms with van der Waals surface area (Å²) in [7, 11) is 1.39. The van der Waals surface area contributed by atoms with Crippen LogP contribution in [0, 0.1) is 5.82 Å². The third-order valence-electron chi connectivity index (χ3n) is 4.26. The van der Waals surface area contributed by atoms with Crippen molar-refractivity contribution >= 4 is 5.97 Å². The molecule has 0 N–H and O–H groups in total. The van der Waals surface area contributed by atoms with E-state index in [1.807, 2.05) is 54.6 Å². The van der Waals surface area contributed by atoms with Crippen LogP contribution in [-0.4, -0.2) is 13.1 Å². The third kappa shape index (κ3) is 5.42. The van der Waals surface area contributed by atoms with E-state index in [1.165, 1.54) is 19.2 Å². The zero-order valence-electron chi connectivity index (χ0n) is 15.2. The topological polar surface area (TPSA) is 35.5 Å². The number of carbonyl (C=O) groups excluding carboxylic acids is 1. The zero-order valence-corrected chi connectivity index (χ0v) is 15.2. The summed E-state index contributed by atoms with van der Waals surface area (Å²) in [5, 5.41) is 0. The molecule has 0 radical (unpaired) electrons. The highest BCUT2D eigenvalue weighted by Gasteiger charge is 2.04. The monoisotopic (exact) mass is 364 g/mol. The van der Waals surface area contributed by atoms with Crippen LogP contribution in [0.1, 0.15) is 17.5 Å². The van der Waals surface area contributed by atoms with Crippen LogP contribution in [0.5, 0.6) is 5.75 Å². The van der Waals surface area contributed by atoms with Gasteiger partial charge in [-0.15, -0.1) is 0 Å². The predicted octanol–water partition coefficient (Wildman–Crippen LogP) is 5.18. The van der Waals surface area contributed by atoms with Gasteiger partial charge in [-0.1, -0.05) is 42.5 Å².